The first-order chi connectivity index (χ1) is 9.06. The minimum absolute atomic E-state index is 0.0302. The van der Waals surface area contributed by atoms with E-state index in [1.807, 2.05) is 19.1 Å². The molecule has 0 unspecified atom stereocenters. The SMILES string of the molecule is CCc1ccc(NC(=O)N[C@H](CCO)C(=O)O)cc1. The van der Waals surface area contributed by atoms with Gasteiger partial charge in [-0.05, 0) is 24.1 Å². The Balaban J connectivity index is 2.55. The Hall–Kier alpha value is -2.08. The first kappa shape index (κ1) is 15.0. The normalized spacial score (nSPS) is 11.7. The third-order valence-electron chi connectivity index (χ3n) is 2.64. The number of rotatable bonds is 6. The van der Waals surface area contributed by atoms with Gasteiger partial charge in [0.2, 0.25) is 0 Å². The first-order valence-electron chi connectivity index (χ1n) is 6.07. The highest BCUT2D eigenvalue weighted by molar-refractivity contribution is 5.92. The lowest BCUT2D eigenvalue weighted by Crippen LogP contribution is -2.43. The second kappa shape index (κ2) is 7.38. The molecule has 0 spiro atoms. The van der Waals surface area contributed by atoms with Gasteiger partial charge in [0, 0.05) is 18.7 Å². The Labute approximate surface area is 111 Å². The van der Waals surface area contributed by atoms with Crippen molar-refractivity contribution in [1.82, 2.24) is 5.32 Å². The summed E-state index contributed by atoms with van der Waals surface area (Å²) in [7, 11) is 0. The molecule has 6 heteroatoms. The highest BCUT2D eigenvalue weighted by Gasteiger charge is 2.18. The topological polar surface area (TPSA) is 98.7 Å². The number of aliphatic hydroxyl groups excluding tert-OH is 1. The number of hydrogen-bond donors (Lipinski definition) is 4. The predicted octanol–water partition coefficient (Wildman–Crippen LogP) is 1.21. The molecule has 0 aliphatic heterocycles. The molecule has 6 nitrogen and oxygen atoms in total. The Bertz CT molecular complexity index is 431. The van der Waals surface area contributed by atoms with Crippen molar-refractivity contribution in [3.05, 3.63) is 29.8 Å². The number of carbonyl (C=O) groups is 2. The van der Waals surface area contributed by atoms with Gasteiger partial charge < -0.3 is 20.8 Å². The Kier molecular flexibility index (Phi) is 5.81. The van der Waals surface area contributed by atoms with Crippen molar-refractivity contribution in [2.45, 2.75) is 25.8 Å². The summed E-state index contributed by atoms with van der Waals surface area (Å²) in [6, 6.07) is 5.57. The van der Waals surface area contributed by atoms with E-state index < -0.39 is 18.0 Å². The molecule has 1 aromatic rings. The van der Waals surface area contributed by atoms with Crippen LogP contribution in [0.3, 0.4) is 0 Å². The predicted molar refractivity (Wildman–Crippen MR) is 71.1 cm³/mol. The average Bonchev–Trinajstić information content (AvgIpc) is 2.39. The molecule has 19 heavy (non-hydrogen) atoms. The Morgan fingerprint density at radius 2 is 1.89 bits per heavy atom. The molecule has 0 fully saturated rings. The lowest BCUT2D eigenvalue weighted by molar-refractivity contribution is -0.139. The number of urea groups is 1. The van der Waals surface area contributed by atoms with Crippen LogP contribution in [0.2, 0.25) is 0 Å². The maximum atomic E-state index is 11.6. The van der Waals surface area contributed by atoms with E-state index in [1.54, 1.807) is 12.1 Å². The molecule has 0 saturated heterocycles. The molecule has 0 aliphatic rings. The van der Waals surface area contributed by atoms with Gasteiger partial charge in [-0.2, -0.15) is 0 Å². The fraction of sp³-hybridized carbons (Fsp3) is 0.385. The fourth-order valence-electron chi connectivity index (χ4n) is 1.54. The van der Waals surface area contributed by atoms with Gasteiger partial charge in [0.25, 0.3) is 0 Å². The minimum atomic E-state index is -1.18. The maximum Gasteiger partial charge on any atom is 0.326 e. The number of benzene rings is 1. The molecule has 2 amide bonds. The summed E-state index contributed by atoms with van der Waals surface area (Å²) in [4.78, 5) is 22.4. The lowest BCUT2D eigenvalue weighted by atomic mass is 10.1. The van der Waals surface area contributed by atoms with Crippen LogP contribution in [0.1, 0.15) is 18.9 Å². The number of aliphatic hydroxyl groups is 1. The number of carboxylic acids is 1. The number of aliphatic carboxylic acids is 1. The van der Waals surface area contributed by atoms with E-state index in [4.69, 9.17) is 10.2 Å². The minimum Gasteiger partial charge on any atom is -0.480 e. The summed E-state index contributed by atoms with van der Waals surface area (Å²) < 4.78 is 0. The number of nitrogens with one attached hydrogen (secondary N) is 2. The van der Waals surface area contributed by atoms with Crippen LogP contribution in [0.25, 0.3) is 0 Å². The fourth-order valence-corrected chi connectivity index (χ4v) is 1.54. The van der Waals surface area contributed by atoms with Gasteiger partial charge in [-0.3, -0.25) is 0 Å². The zero-order valence-corrected chi connectivity index (χ0v) is 10.7. The van der Waals surface area contributed by atoms with E-state index >= 15 is 0 Å². The maximum absolute atomic E-state index is 11.6. The van der Waals surface area contributed by atoms with Gasteiger partial charge >= 0.3 is 12.0 Å². The van der Waals surface area contributed by atoms with Gasteiger partial charge in [-0.1, -0.05) is 19.1 Å². The Morgan fingerprint density at radius 1 is 1.26 bits per heavy atom. The number of hydrogen-bond acceptors (Lipinski definition) is 3. The van der Waals surface area contributed by atoms with Crippen LogP contribution in [0.4, 0.5) is 10.5 Å². The number of anilines is 1. The van der Waals surface area contributed by atoms with Crippen LogP contribution < -0.4 is 10.6 Å². The number of carboxylic acid groups (broad SMARTS) is 1. The average molecular weight is 266 g/mol. The lowest BCUT2D eigenvalue weighted by Gasteiger charge is -2.14. The summed E-state index contributed by atoms with van der Waals surface area (Å²) in [6.07, 6.45) is 0.877. The quantitative estimate of drug-likeness (QED) is 0.622. The second-order valence-electron chi connectivity index (χ2n) is 4.05. The molecule has 0 aliphatic carbocycles. The molecule has 0 radical (unpaired) electrons. The molecular formula is C13H18N2O4. The van der Waals surface area contributed by atoms with Crippen molar-refractivity contribution in [3.8, 4) is 0 Å². The summed E-state index contributed by atoms with van der Waals surface area (Å²) in [6.45, 7) is 1.73. The van der Waals surface area contributed by atoms with Gasteiger partial charge in [0.15, 0.2) is 0 Å². The molecular weight excluding hydrogens is 248 g/mol. The number of carbonyl (C=O) groups excluding carboxylic acids is 1. The van der Waals surface area contributed by atoms with E-state index in [1.165, 1.54) is 0 Å². The molecule has 0 aromatic heterocycles. The van der Waals surface area contributed by atoms with Crippen molar-refractivity contribution in [3.63, 3.8) is 0 Å². The molecule has 0 bridgehead atoms. The highest BCUT2D eigenvalue weighted by Crippen LogP contribution is 2.09. The van der Waals surface area contributed by atoms with Gasteiger partial charge in [-0.25, -0.2) is 9.59 Å². The monoisotopic (exact) mass is 266 g/mol. The van der Waals surface area contributed by atoms with Crippen LogP contribution in [-0.4, -0.2) is 34.9 Å². The summed E-state index contributed by atoms with van der Waals surface area (Å²) in [5.74, 6) is -1.18. The van der Waals surface area contributed by atoms with Gasteiger partial charge in [-0.15, -0.1) is 0 Å². The summed E-state index contributed by atoms with van der Waals surface area (Å²) in [5, 5.41) is 22.4. The molecule has 1 atom stereocenters. The van der Waals surface area contributed by atoms with E-state index in [0.29, 0.717) is 5.69 Å². The van der Waals surface area contributed by atoms with Crippen molar-refractivity contribution in [1.29, 1.82) is 0 Å². The zero-order chi connectivity index (χ0) is 14.3. The van der Waals surface area contributed by atoms with Crippen LogP contribution in [0.15, 0.2) is 24.3 Å². The Morgan fingerprint density at radius 3 is 2.37 bits per heavy atom. The van der Waals surface area contributed by atoms with E-state index in [9.17, 15) is 9.59 Å². The molecule has 0 heterocycles. The van der Waals surface area contributed by atoms with Crippen LogP contribution in [0.5, 0.6) is 0 Å². The van der Waals surface area contributed by atoms with Crippen molar-refractivity contribution in [2.24, 2.45) is 0 Å². The van der Waals surface area contributed by atoms with Gasteiger partial charge in [0.1, 0.15) is 6.04 Å². The third kappa shape index (κ3) is 4.97. The molecule has 1 rings (SSSR count). The van der Waals surface area contributed by atoms with Crippen molar-refractivity contribution < 1.29 is 19.8 Å². The largest absolute Gasteiger partial charge is 0.480 e. The van der Waals surface area contributed by atoms with Crippen LogP contribution in [-0.2, 0) is 11.2 Å². The third-order valence-corrected chi connectivity index (χ3v) is 2.64. The standard InChI is InChI=1S/C13H18N2O4/c1-2-9-3-5-10(6-4-9)14-13(19)15-11(7-8-16)12(17)18/h3-6,11,16H,2,7-8H2,1H3,(H,17,18)(H2,14,15,19)/t11-/m1/s1. The molecule has 104 valence electrons. The van der Waals surface area contributed by atoms with Crippen molar-refractivity contribution >= 4 is 17.7 Å². The van der Waals surface area contributed by atoms with E-state index in [2.05, 4.69) is 10.6 Å². The second-order valence-corrected chi connectivity index (χ2v) is 4.05. The molecule has 1 aromatic carbocycles. The van der Waals surface area contributed by atoms with Gasteiger partial charge in [0.05, 0.1) is 0 Å². The summed E-state index contributed by atoms with van der Waals surface area (Å²) >= 11 is 0. The van der Waals surface area contributed by atoms with Crippen molar-refractivity contribution in [2.75, 3.05) is 11.9 Å². The van der Waals surface area contributed by atoms with E-state index in [-0.39, 0.29) is 13.0 Å². The smallest absolute Gasteiger partial charge is 0.326 e. The molecule has 0 saturated carbocycles. The van der Waals surface area contributed by atoms with E-state index in [0.717, 1.165) is 12.0 Å². The van der Waals surface area contributed by atoms with Crippen LogP contribution in [0, 0.1) is 0 Å². The highest BCUT2D eigenvalue weighted by atomic mass is 16.4. The molecule has 4 N–H and O–H groups in total. The van der Waals surface area contributed by atoms with Crippen LogP contribution >= 0.6 is 0 Å². The number of amides is 2. The number of aryl methyl sites for hydroxylation is 1. The summed E-state index contributed by atoms with van der Waals surface area (Å²) in [5.41, 5.74) is 1.73. The zero-order valence-electron chi connectivity index (χ0n) is 10.7. The first-order valence-corrected chi connectivity index (χ1v) is 6.07.